The maximum absolute atomic E-state index is 14.0. The molecule has 1 heterocycles. The Kier molecular flexibility index (Phi) is 8.65. The maximum atomic E-state index is 14.0. The highest BCUT2D eigenvalue weighted by Gasteiger charge is 2.26. The third-order valence-electron chi connectivity index (χ3n) is 6.01. The van der Waals surface area contributed by atoms with E-state index in [0.29, 0.717) is 33.4 Å². The number of methoxy groups -OCH3 is 1. The van der Waals surface area contributed by atoms with Gasteiger partial charge in [-0.05, 0) is 25.2 Å². The monoisotopic (exact) mass is 514 g/mol. The Balaban J connectivity index is 1.88. The van der Waals surface area contributed by atoms with Crippen molar-refractivity contribution < 1.29 is 24.5 Å². The Bertz CT molecular complexity index is 1400. The smallest absolute Gasteiger partial charge is 0.433 e. The number of pyridine rings is 1. The summed E-state index contributed by atoms with van der Waals surface area (Å²) in [5.41, 5.74) is 6.12. The first-order valence-corrected chi connectivity index (χ1v) is 12.1. The predicted octanol–water partition coefficient (Wildman–Crippen LogP) is 3.60. The number of likely N-dealkylation sites (N-methyl/N-ethyl adjacent to an activating group) is 1. The number of benzene rings is 3. The fourth-order valence-corrected chi connectivity index (χ4v) is 4.29. The molecule has 2 amide bonds. The zero-order valence-corrected chi connectivity index (χ0v) is 21.2. The molecule has 0 aliphatic carbocycles. The Morgan fingerprint density at radius 1 is 0.974 bits per heavy atom. The highest BCUT2D eigenvalue weighted by atomic mass is 16.5. The van der Waals surface area contributed by atoms with Crippen LogP contribution in [0.5, 0.6) is 0 Å². The first-order chi connectivity index (χ1) is 18.4. The first kappa shape index (κ1) is 26.7. The van der Waals surface area contributed by atoms with Crippen molar-refractivity contribution >= 4 is 28.6 Å². The van der Waals surface area contributed by atoms with Crippen molar-refractivity contribution in [1.29, 1.82) is 0 Å². The van der Waals surface area contributed by atoms with Gasteiger partial charge >= 0.3 is 6.09 Å². The number of carbonyl (C=O) groups is 2. The Morgan fingerprint density at radius 3 is 2.26 bits per heavy atom. The lowest BCUT2D eigenvalue weighted by atomic mass is 9.95. The summed E-state index contributed by atoms with van der Waals surface area (Å²) in [4.78, 5) is 33.4. The van der Waals surface area contributed by atoms with Gasteiger partial charge in [0.05, 0.1) is 42.3 Å². The zero-order valence-electron chi connectivity index (χ0n) is 21.2. The van der Waals surface area contributed by atoms with Crippen LogP contribution in [0.25, 0.3) is 22.2 Å². The van der Waals surface area contributed by atoms with Gasteiger partial charge in [-0.15, -0.1) is 0 Å². The van der Waals surface area contributed by atoms with Gasteiger partial charge in [0.15, 0.2) is 0 Å². The van der Waals surface area contributed by atoms with Crippen LogP contribution in [-0.4, -0.2) is 65.5 Å². The molecule has 3 N–H and O–H groups in total. The number of hydrogen-bond donors (Lipinski definition) is 3. The number of aliphatic hydroxyl groups excluding tert-OH is 2. The molecule has 38 heavy (non-hydrogen) atoms. The fraction of sp³-hybridized carbons (Fsp3) is 0.207. The average molecular weight is 515 g/mol. The van der Waals surface area contributed by atoms with Gasteiger partial charge in [0.2, 0.25) is 0 Å². The number of anilines is 1. The molecule has 0 bridgehead atoms. The first-order valence-electron chi connectivity index (χ1n) is 12.1. The molecule has 0 saturated heterocycles. The second kappa shape index (κ2) is 12.3. The second-order valence-corrected chi connectivity index (χ2v) is 8.81. The summed E-state index contributed by atoms with van der Waals surface area (Å²) in [6.07, 6.45) is -1.70. The number of para-hydroxylation sites is 2. The minimum Gasteiger partial charge on any atom is -0.451 e. The SMILES string of the molecule is COC(=O)N(NC(=O)c1c(CN(C)CC(O)CO)c(-c2ccccc2)nc2ccccc12)c1ccccc1. The van der Waals surface area contributed by atoms with Crippen molar-refractivity contribution in [3.63, 3.8) is 0 Å². The van der Waals surface area contributed by atoms with Gasteiger partial charge in [0.25, 0.3) is 5.91 Å². The minimum atomic E-state index is -0.946. The van der Waals surface area contributed by atoms with E-state index in [4.69, 9.17) is 9.72 Å². The van der Waals surface area contributed by atoms with E-state index in [1.165, 1.54) is 7.11 Å². The number of carbonyl (C=O) groups excluding carboxylic acids is 2. The maximum Gasteiger partial charge on any atom is 0.433 e. The van der Waals surface area contributed by atoms with E-state index in [0.717, 1.165) is 10.6 Å². The molecule has 0 aliphatic rings. The van der Waals surface area contributed by atoms with Gasteiger partial charge in [-0.25, -0.2) is 9.78 Å². The zero-order chi connectivity index (χ0) is 27.1. The molecule has 4 rings (SSSR count). The van der Waals surface area contributed by atoms with Crippen molar-refractivity contribution in [1.82, 2.24) is 15.3 Å². The minimum absolute atomic E-state index is 0.177. The molecule has 0 radical (unpaired) electrons. The van der Waals surface area contributed by atoms with E-state index in [1.807, 2.05) is 59.5 Å². The third-order valence-corrected chi connectivity index (χ3v) is 6.01. The molecule has 9 nitrogen and oxygen atoms in total. The molecule has 4 aromatic rings. The summed E-state index contributed by atoms with van der Waals surface area (Å²) < 4.78 is 4.94. The second-order valence-electron chi connectivity index (χ2n) is 8.81. The Morgan fingerprint density at radius 2 is 1.61 bits per heavy atom. The van der Waals surface area contributed by atoms with Crippen LogP contribution in [0.2, 0.25) is 0 Å². The normalized spacial score (nSPS) is 11.8. The molecule has 1 unspecified atom stereocenters. The van der Waals surface area contributed by atoms with Gasteiger partial charge in [0, 0.05) is 29.6 Å². The average Bonchev–Trinajstić information content (AvgIpc) is 2.95. The van der Waals surface area contributed by atoms with Crippen molar-refractivity contribution in [2.45, 2.75) is 12.6 Å². The van der Waals surface area contributed by atoms with Crippen molar-refractivity contribution in [2.24, 2.45) is 0 Å². The van der Waals surface area contributed by atoms with E-state index in [9.17, 15) is 19.8 Å². The third kappa shape index (κ3) is 5.97. The molecule has 0 saturated carbocycles. The van der Waals surface area contributed by atoms with Crippen LogP contribution in [0.4, 0.5) is 10.5 Å². The molecule has 3 aromatic carbocycles. The predicted molar refractivity (Wildman–Crippen MR) is 145 cm³/mol. The molecule has 1 aromatic heterocycles. The molecule has 0 spiro atoms. The van der Waals surface area contributed by atoms with Crippen LogP contribution in [-0.2, 0) is 11.3 Å². The van der Waals surface area contributed by atoms with Crippen LogP contribution in [0.3, 0.4) is 0 Å². The van der Waals surface area contributed by atoms with Crippen molar-refractivity contribution in [3.8, 4) is 11.3 Å². The lowest BCUT2D eigenvalue weighted by molar-refractivity contribution is 0.0647. The van der Waals surface area contributed by atoms with E-state index >= 15 is 0 Å². The number of aromatic nitrogens is 1. The molecule has 0 fully saturated rings. The van der Waals surface area contributed by atoms with Gasteiger partial charge in [-0.1, -0.05) is 66.7 Å². The summed E-state index contributed by atoms with van der Waals surface area (Å²) in [5.74, 6) is -0.527. The number of nitrogens with one attached hydrogen (secondary N) is 1. The number of ether oxygens (including phenoxy) is 1. The largest absolute Gasteiger partial charge is 0.451 e. The summed E-state index contributed by atoms with van der Waals surface area (Å²) in [5, 5.41) is 21.0. The van der Waals surface area contributed by atoms with E-state index in [2.05, 4.69) is 5.43 Å². The fourth-order valence-electron chi connectivity index (χ4n) is 4.29. The van der Waals surface area contributed by atoms with Gasteiger partial charge in [-0.3, -0.25) is 15.1 Å². The Labute approximate surface area is 220 Å². The molecule has 196 valence electrons. The lowest BCUT2D eigenvalue weighted by Gasteiger charge is -2.26. The lowest BCUT2D eigenvalue weighted by Crippen LogP contribution is -2.47. The van der Waals surface area contributed by atoms with Gasteiger partial charge in [0.1, 0.15) is 0 Å². The van der Waals surface area contributed by atoms with Crippen LogP contribution < -0.4 is 10.4 Å². The van der Waals surface area contributed by atoms with Gasteiger partial charge < -0.3 is 14.9 Å². The van der Waals surface area contributed by atoms with Crippen LogP contribution in [0, 0.1) is 0 Å². The summed E-state index contributed by atoms with van der Waals surface area (Å²) in [7, 11) is 3.03. The number of aliphatic hydroxyl groups is 2. The molecule has 0 aliphatic heterocycles. The van der Waals surface area contributed by atoms with Crippen molar-refractivity contribution in [2.75, 3.05) is 32.3 Å². The molecule has 1 atom stereocenters. The number of amides is 2. The highest BCUT2D eigenvalue weighted by molar-refractivity contribution is 6.10. The van der Waals surface area contributed by atoms with Crippen LogP contribution in [0.1, 0.15) is 15.9 Å². The number of hydrazine groups is 1. The van der Waals surface area contributed by atoms with Crippen LogP contribution in [0.15, 0.2) is 84.9 Å². The van der Waals surface area contributed by atoms with Crippen LogP contribution >= 0.6 is 0 Å². The van der Waals surface area contributed by atoms with E-state index in [-0.39, 0.29) is 19.7 Å². The van der Waals surface area contributed by atoms with Gasteiger partial charge in [-0.2, -0.15) is 5.01 Å². The molecule has 9 heteroatoms. The topological polar surface area (TPSA) is 115 Å². The number of fused-ring (bicyclic) bond motifs is 1. The number of hydrogen-bond acceptors (Lipinski definition) is 7. The quantitative estimate of drug-likeness (QED) is 0.308. The molecular formula is C29H30N4O5. The van der Waals surface area contributed by atoms with E-state index < -0.39 is 18.1 Å². The standard InChI is InChI=1S/C29H30N4O5/c1-32(17-22(35)19-34)18-24-26(28(36)31-33(29(37)38-2)21-13-7-4-8-14-21)23-15-9-10-16-25(23)30-27(24)20-11-5-3-6-12-20/h3-16,22,34-35H,17-19H2,1-2H3,(H,31,36). The molecular weight excluding hydrogens is 484 g/mol. The number of nitrogens with zero attached hydrogens (tertiary/aromatic N) is 3. The van der Waals surface area contributed by atoms with Crippen molar-refractivity contribution in [3.05, 3.63) is 96.1 Å². The summed E-state index contributed by atoms with van der Waals surface area (Å²) in [6, 6.07) is 25.5. The summed E-state index contributed by atoms with van der Waals surface area (Å²) >= 11 is 0. The Hall–Kier alpha value is -4.31. The number of rotatable bonds is 8. The van der Waals surface area contributed by atoms with E-state index in [1.54, 1.807) is 37.4 Å². The highest BCUT2D eigenvalue weighted by Crippen LogP contribution is 2.31. The summed E-state index contributed by atoms with van der Waals surface area (Å²) in [6.45, 7) is 0.0344.